The number of nitrogens with zero attached hydrogens (tertiary/aromatic N) is 13. The second-order valence-corrected chi connectivity index (χ2v) is 27.9. The van der Waals surface area contributed by atoms with Crippen LogP contribution in [0.2, 0.25) is 0 Å². The van der Waals surface area contributed by atoms with Crippen LogP contribution in [0.15, 0.2) is 456 Å². The van der Waals surface area contributed by atoms with Crippen molar-refractivity contribution in [2.75, 3.05) is 0 Å². The molecule has 568 valence electrons. The Morgan fingerprint density at radius 2 is 0.342 bits per heavy atom. The zero-order valence-electron chi connectivity index (χ0n) is 65.1. The largest absolute Gasteiger partial charge is 0.265 e. The third-order valence-corrected chi connectivity index (χ3v) is 19.8. The predicted octanol–water partition coefficient (Wildman–Crippen LogP) is 25.6. The van der Waals surface area contributed by atoms with E-state index in [1.54, 1.807) is 18.6 Å². The highest BCUT2D eigenvalue weighted by Crippen LogP contribution is 2.35. The second kappa shape index (κ2) is 37.6. The van der Waals surface area contributed by atoms with E-state index in [2.05, 4.69) is 219 Å². The zero-order chi connectivity index (χ0) is 80.7. The first-order valence-corrected chi connectivity index (χ1v) is 39.4. The van der Waals surface area contributed by atoms with Crippen LogP contribution in [0.4, 0.5) is 0 Å². The molecule has 0 N–H and O–H groups in total. The van der Waals surface area contributed by atoms with Gasteiger partial charge in [-0.05, 0) is 82.9 Å². The monoisotopic (exact) mass is 1540 g/mol. The van der Waals surface area contributed by atoms with E-state index in [9.17, 15) is 0 Å². The Kier molecular flexibility index (Phi) is 23.9. The van der Waals surface area contributed by atoms with E-state index in [0.29, 0.717) is 23.3 Å². The van der Waals surface area contributed by atoms with Gasteiger partial charge >= 0.3 is 0 Å². The van der Waals surface area contributed by atoms with Gasteiger partial charge in [-0.25, -0.2) is 49.8 Å². The highest BCUT2D eigenvalue weighted by Gasteiger charge is 2.17. The van der Waals surface area contributed by atoms with E-state index in [1.807, 2.05) is 243 Å². The number of benzene rings is 12. The van der Waals surface area contributed by atoms with Gasteiger partial charge < -0.3 is 0 Å². The van der Waals surface area contributed by atoms with Crippen LogP contribution in [0.1, 0.15) is 0 Å². The molecule has 0 saturated carbocycles. The Balaban J connectivity index is 0.000000114. The summed E-state index contributed by atoms with van der Waals surface area (Å²) in [4.78, 5) is 60.3. The molecule has 13 nitrogen and oxygen atoms in total. The highest BCUT2D eigenvalue weighted by molar-refractivity contribution is 5.79. The van der Waals surface area contributed by atoms with Crippen LogP contribution < -0.4 is 0 Å². The first kappa shape index (κ1) is 76.1. The van der Waals surface area contributed by atoms with Gasteiger partial charge in [0.2, 0.25) is 0 Å². The summed E-state index contributed by atoms with van der Waals surface area (Å²) >= 11 is 0. The maximum Gasteiger partial charge on any atom is 0.160 e. The molecular formula is C107H75N13. The van der Waals surface area contributed by atoms with E-state index < -0.39 is 0 Å². The number of rotatable bonds is 16. The summed E-state index contributed by atoms with van der Waals surface area (Å²) in [5.74, 6) is 3.54. The summed E-state index contributed by atoms with van der Waals surface area (Å²) < 4.78 is 0. The fourth-order valence-electron chi connectivity index (χ4n) is 13.6. The van der Waals surface area contributed by atoms with Gasteiger partial charge in [-0.2, -0.15) is 0 Å². The van der Waals surface area contributed by atoms with Crippen molar-refractivity contribution in [3.05, 3.63) is 456 Å². The predicted molar refractivity (Wildman–Crippen MR) is 484 cm³/mol. The average Bonchev–Trinajstić information content (AvgIpc) is 0.822. The Labute approximate surface area is 696 Å². The minimum Gasteiger partial charge on any atom is -0.265 e. The Morgan fingerprint density at radius 3 is 0.608 bits per heavy atom. The molecule has 0 radical (unpaired) electrons. The molecule has 0 aliphatic heterocycles. The van der Waals surface area contributed by atoms with Gasteiger partial charge in [0.05, 0.1) is 51.2 Å². The number of hydrogen-bond donors (Lipinski definition) is 0. The molecule has 0 amide bonds. The summed E-state index contributed by atoms with van der Waals surface area (Å²) in [6, 6.07) is 139. The molecule has 0 saturated heterocycles. The van der Waals surface area contributed by atoms with Gasteiger partial charge in [0.25, 0.3) is 0 Å². The van der Waals surface area contributed by atoms with Crippen LogP contribution >= 0.6 is 0 Å². The van der Waals surface area contributed by atoms with Crippen LogP contribution in [0.5, 0.6) is 0 Å². The van der Waals surface area contributed by atoms with Crippen LogP contribution in [0, 0.1) is 0 Å². The van der Waals surface area contributed by atoms with Crippen LogP contribution in [-0.2, 0) is 0 Å². The standard InChI is InChI=1S/3C27H19N3.C26H18N4/c1-3-9-20(10-4-1)25-19-26(21-11-5-2-6-12-21)30-27(29-25)23-16-14-22(15-17-23)24-13-7-8-18-28-24;1-3-8-21(9-4-1)25-18-26(22-10-5-2-6-11-22)30-27(29-25)23-15-13-20(14-16-23)24-12-7-17-28-19-24;1-3-7-22(8-4-1)25-19-26(23-9-5-2-6-10-23)30-27(29-25)24-13-11-20(12-14-24)21-15-17-28-18-16-21;1-3-8-19(9-4-1)23-18-24(20-10-5-2-6-11-20)30-26(29-23)22-14-12-21(13-15-22)25-27-16-7-17-28-25/h3*1-19H;1-18H. The molecule has 0 aliphatic carbocycles. The van der Waals surface area contributed by atoms with Crippen molar-refractivity contribution in [1.82, 2.24) is 64.8 Å². The van der Waals surface area contributed by atoms with E-state index in [4.69, 9.17) is 39.9 Å². The molecule has 8 aromatic heterocycles. The van der Waals surface area contributed by atoms with Crippen molar-refractivity contribution in [2.24, 2.45) is 0 Å². The van der Waals surface area contributed by atoms with Gasteiger partial charge in [0.15, 0.2) is 29.1 Å². The van der Waals surface area contributed by atoms with Crippen molar-refractivity contribution in [3.8, 4) is 181 Å². The molecule has 0 aliphatic rings. The molecular weight excluding hydrogens is 1470 g/mol. The van der Waals surface area contributed by atoms with Gasteiger partial charge in [-0.15, -0.1) is 0 Å². The molecule has 20 rings (SSSR count). The Hall–Kier alpha value is -16.5. The fraction of sp³-hybridized carbons (Fsp3) is 0. The quantitative estimate of drug-likeness (QED) is 0.0897. The molecule has 12 aromatic carbocycles. The molecule has 0 bridgehead atoms. The van der Waals surface area contributed by atoms with E-state index in [0.717, 1.165) is 157 Å². The van der Waals surface area contributed by atoms with E-state index in [1.165, 1.54) is 0 Å². The van der Waals surface area contributed by atoms with E-state index >= 15 is 0 Å². The molecule has 0 atom stereocenters. The number of aromatic nitrogens is 13. The van der Waals surface area contributed by atoms with Gasteiger partial charge in [0.1, 0.15) is 0 Å². The molecule has 0 spiro atoms. The smallest absolute Gasteiger partial charge is 0.160 e. The molecule has 0 fully saturated rings. The summed E-state index contributed by atoms with van der Waals surface area (Å²) in [6.07, 6.45) is 12.6. The third kappa shape index (κ3) is 19.1. The summed E-state index contributed by atoms with van der Waals surface area (Å²) in [7, 11) is 0. The lowest BCUT2D eigenvalue weighted by atomic mass is 10.0. The minimum atomic E-state index is 0.690. The fourth-order valence-corrected chi connectivity index (χ4v) is 13.6. The minimum absolute atomic E-state index is 0.690. The lowest BCUT2D eigenvalue weighted by Crippen LogP contribution is -1.96. The number of pyridine rings is 3. The van der Waals surface area contributed by atoms with Gasteiger partial charge in [0, 0.05) is 121 Å². The average molecular weight is 1540 g/mol. The van der Waals surface area contributed by atoms with Crippen LogP contribution in [-0.4, -0.2) is 64.8 Å². The summed E-state index contributed by atoms with van der Waals surface area (Å²) in [5, 5.41) is 0. The van der Waals surface area contributed by atoms with Crippen molar-refractivity contribution < 1.29 is 0 Å². The maximum atomic E-state index is 4.88. The zero-order valence-corrected chi connectivity index (χ0v) is 65.1. The maximum absolute atomic E-state index is 4.88. The molecule has 13 heteroatoms. The van der Waals surface area contributed by atoms with Crippen molar-refractivity contribution in [3.63, 3.8) is 0 Å². The lowest BCUT2D eigenvalue weighted by molar-refractivity contribution is 1.17. The van der Waals surface area contributed by atoms with Gasteiger partial charge in [-0.1, -0.05) is 352 Å². The first-order chi connectivity index (χ1) is 59.5. The van der Waals surface area contributed by atoms with Crippen molar-refractivity contribution in [2.45, 2.75) is 0 Å². The highest BCUT2D eigenvalue weighted by atomic mass is 14.9. The molecule has 20 aromatic rings. The Morgan fingerprint density at radius 1 is 0.117 bits per heavy atom. The topological polar surface area (TPSA) is 168 Å². The molecule has 0 unspecified atom stereocenters. The van der Waals surface area contributed by atoms with Gasteiger partial charge in [-0.3, -0.25) is 15.0 Å². The van der Waals surface area contributed by atoms with E-state index in [-0.39, 0.29) is 0 Å². The van der Waals surface area contributed by atoms with Crippen LogP contribution in [0.3, 0.4) is 0 Å². The third-order valence-electron chi connectivity index (χ3n) is 19.8. The molecule has 8 heterocycles. The summed E-state index contributed by atoms with van der Waals surface area (Å²) in [6.45, 7) is 0. The first-order valence-electron chi connectivity index (χ1n) is 39.4. The van der Waals surface area contributed by atoms with Crippen molar-refractivity contribution in [1.29, 1.82) is 0 Å². The lowest BCUT2D eigenvalue weighted by Gasteiger charge is -2.10. The Bertz CT molecular complexity index is 5600. The normalized spacial score (nSPS) is 10.7. The SMILES string of the molecule is c1ccc(-c2cc(-c3ccccc3)nc(-c3ccc(-c4ccccn4)cc3)n2)cc1.c1ccc(-c2cc(-c3ccccc3)nc(-c3ccc(-c4cccnc4)cc3)n2)cc1.c1ccc(-c2cc(-c3ccccc3)nc(-c3ccc(-c4ccncc4)cc3)n2)cc1.c1ccc(-c2cc(-c3ccccc3)nc(-c3ccc(-c4ncccn4)cc3)n2)cc1. The summed E-state index contributed by atoms with van der Waals surface area (Å²) in [5.41, 5.74) is 27.2. The van der Waals surface area contributed by atoms with Crippen LogP contribution in [0.25, 0.3) is 181 Å². The second-order valence-electron chi connectivity index (χ2n) is 27.9. The number of hydrogen-bond acceptors (Lipinski definition) is 13. The molecule has 120 heavy (non-hydrogen) atoms. The van der Waals surface area contributed by atoms with Crippen molar-refractivity contribution >= 4 is 0 Å².